The van der Waals surface area contributed by atoms with Crippen molar-refractivity contribution in [3.8, 4) is 0 Å². The van der Waals surface area contributed by atoms with Crippen LogP contribution in [0.15, 0.2) is 29.2 Å². The standard InChI is InChI=1S/C19H27NO4S/c1-18(2,23)16(21)13-19(3,20-9-11-24-12-10-20)17(22)14-5-7-15(25-4)8-6-14/h5-8,23H,9-13H2,1-4H3. The average Bonchev–Trinajstić information content (AvgIpc) is 2.61. The number of ketones is 2. The highest BCUT2D eigenvalue weighted by atomic mass is 32.2. The van der Waals surface area contributed by atoms with Gasteiger partial charge in [-0.2, -0.15) is 0 Å². The first kappa shape index (κ1) is 20.1. The van der Waals surface area contributed by atoms with Crippen molar-refractivity contribution in [3.05, 3.63) is 29.8 Å². The number of benzene rings is 1. The Kier molecular flexibility index (Phi) is 6.43. The number of hydrogen-bond acceptors (Lipinski definition) is 6. The van der Waals surface area contributed by atoms with E-state index in [0.717, 1.165) is 4.90 Å². The number of morpholine rings is 1. The zero-order valence-corrected chi connectivity index (χ0v) is 16.2. The molecule has 1 unspecified atom stereocenters. The predicted molar refractivity (Wildman–Crippen MR) is 99.3 cm³/mol. The number of carbonyl (C=O) groups is 2. The zero-order chi connectivity index (χ0) is 18.7. The molecule has 0 aliphatic carbocycles. The second-order valence-electron chi connectivity index (χ2n) is 7.09. The molecule has 1 aliphatic heterocycles. The van der Waals surface area contributed by atoms with Crippen LogP contribution in [0.1, 0.15) is 37.6 Å². The molecule has 1 aromatic carbocycles. The number of hydrogen-bond donors (Lipinski definition) is 1. The van der Waals surface area contributed by atoms with Crippen LogP contribution in [-0.2, 0) is 9.53 Å². The molecule has 1 aliphatic rings. The third-order valence-electron chi connectivity index (χ3n) is 4.74. The van der Waals surface area contributed by atoms with Crippen LogP contribution in [0.4, 0.5) is 0 Å². The highest BCUT2D eigenvalue weighted by Crippen LogP contribution is 2.29. The Hall–Kier alpha value is -1.21. The number of rotatable bonds is 7. The summed E-state index contributed by atoms with van der Waals surface area (Å²) in [6.07, 6.45) is 1.95. The summed E-state index contributed by atoms with van der Waals surface area (Å²) in [5, 5.41) is 10.1. The van der Waals surface area contributed by atoms with E-state index in [1.54, 1.807) is 30.8 Å². The van der Waals surface area contributed by atoms with Gasteiger partial charge in [-0.3, -0.25) is 14.5 Å². The van der Waals surface area contributed by atoms with Crippen molar-refractivity contribution >= 4 is 23.3 Å². The van der Waals surface area contributed by atoms with Crippen molar-refractivity contribution in [3.63, 3.8) is 0 Å². The molecule has 0 bridgehead atoms. The summed E-state index contributed by atoms with van der Waals surface area (Å²) in [6, 6.07) is 7.44. The smallest absolute Gasteiger partial charge is 0.183 e. The van der Waals surface area contributed by atoms with E-state index in [0.29, 0.717) is 31.9 Å². The summed E-state index contributed by atoms with van der Waals surface area (Å²) in [5.74, 6) is -0.435. The third-order valence-corrected chi connectivity index (χ3v) is 5.48. The van der Waals surface area contributed by atoms with Gasteiger partial charge in [0.2, 0.25) is 0 Å². The van der Waals surface area contributed by atoms with Gasteiger partial charge in [-0.05, 0) is 39.2 Å². The molecule has 1 atom stereocenters. The lowest BCUT2D eigenvalue weighted by molar-refractivity contribution is -0.137. The van der Waals surface area contributed by atoms with E-state index in [-0.39, 0.29) is 18.0 Å². The first-order valence-electron chi connectivity index (χ1n) is 8.46. The van der Waals surface area contributed by atoms with Crippen LogP contribution in [0, 0.1) is 0 Å². The van der Waals surface area contributed by atoms with Crippen LogP contribution < -0.4 is 0 Å². The lowest BCUT2D eigenvalue weighted by Crippen LogP contribution is -2.58. The fourth-order valence-electron chi connectivity index (χ4n) is 2.97. The monoisotopic (exact) mass is 365 g/mol. The summed E-state index contributed by atoms with van der Waals surface area (Å²) in [5.41, 5.74) is -1.88. The molecule has 1 N–H and O–H groups in total. The molecule has 1 heterocycles. The molecule has 0 amide bonds. The lowest BCUT2D eigenvalue weighted by Gasteiger charge is -2.42. The van der Waals surface area contributed by atoms with Gasteiger partial charge in [0.1, 0.15) is 5.60 Å². The molecule has 0 aromatic heterocycles. The van der Waals surface area contributed by atoms with Gasteiger partial charge in [0.25, 0.3) is 0 Å². The normalized spacial score (nSPS) is 18.6. The van der Waals surface area contributed by atoms with Gasteiger partial charge in [0, 0.05) is 30.0 Å². The zero-order valence-electron chi connectivity index (χ0n) is 15.4. The van der Waals surface area contributed by atoms with E-state index in [1.165, 1.54) is 13.8 Å². The van der Waals surface area contributed by atoms with Crippen molar-refractivity contribution in [1.82, 2.24) is 4.90 Å². The molecule has 6 heteroatoms. The predicted octanol–water partition coefficient (Wildman–Crippen LogP) is 2.41. The van der Waals surface area contributed by atoms with E-state index < -0.39 is 11.1 Å². The van der Waals surface area contributed by atoms with Crippen molar-refractivity contribution in [2.75, 3.05) is 32.6 Å². The van der Waals surface area contributed by atoms with Crippen LogP contribution in [0.5, 0.6) is 0 Å². The van der Waals surface area contributed by atoms with Gasteiger partial charge in [0.05, 0.1) is 18.8 Å². The summed E-state index contributed by atoms with van der Waals surface area (Å²) >= 11 is 1.61. The fourth-order valence-corrected chi connectivity index (χ4v) is 3.38. The van der Waals surface area contributed by atoms with Crippen molar-refractivity contribution in [2.24, 2.45) is 0 Å². The highest BCUT2D eigenvalue weighted by molar-refractivity contribution is 7.98. The Morgan fingerprint density at radius 3 is 2.20 bits per heavy atom. The Labute approximate surface area is 153 Å². The Morgan fingerprint density at radius 1 is 1.16 bits per heavy atom. The number of ether oxygens (including phenoxy) is 1. The average molecular weight is 365 g/mol. The van der Waals surface area contributed by atoms with Gasteiger partial charge in [0.15, 0.2) is 11.6 Å². The largest absolute Gasteiger partial charge is 0.383 e. The minimum atomic E-state index is -1.46. The maximum absolute atomic E-state index is 13.3. The summed E-state index contributed by atoms with van der Waals surface area (Å²) in [6.45, 7) is 6.97. The van der Waals surface area contributed by atoms with Crippen LogP contribution in [0.3, 0.4) is 0 Å². The molecular formula is C19H27NO4S. The van der Waals surface area contributed by atoms with Gasteiger partial charge >= 0.3 is 0 Å². The van der Waals surface area contributed by atoms with E-state index in [2.05, 4.69) is 0 Å². The van der Waals surface area contributed by atoms with Crippen LogP contribution >= 0.6 is 11.8 Å². The van der Waals surface area contributed by atoms with E-state index in [4.69, 9.17) is 4.74 Å². The van der Waals surface area contributed by atoms with Crippen LogP contribution in [0.2, 0.25) is 0 Å². The molecular weight excluding hydrogens is 338 g/mol. The number of Topliss-reactive ketones (excluding diaryl/α,β-unsaturated/α-hetero) is 2. The molecule has 0 spiro atoms. The number of carbonyl (C=O) groups excluding carboxylic acids is 2. The van der Waals surface area contributed by atoms with Crippen molar-refractivity contribution in [2.45, 2.75) is 43.2 Å². The van der Waals surface area contributed by atoms with Gasteiger partial charge in [-0.15, -0.1) is 11.8 Å². The molecule has 2 rings (SSSR count). The number of thioether (sulfide) groups is 1. The third kappa shape index (κ3) is 4.70. The minimum Gasteiger partial charge on any atom is -0.383 e. The Bertz CT molecular complexity index is 617. The van der Waals surface area contributed by atoms with Gasteiger partial charge in [-0.1, -0.05) is 12.1 Å². The molecule has 5 nitrogen and oxygen atoms in total. The highest BCUT2D eigenvalue weighted by Gasteiger charge is 2.44. The van der Waals surface area contributed by atoms with E-state index >= 15 is 0 Å². The maximum Gasteiger partial charge on any atom is 0.183 e. The minimum absolute atomic E-state index is 0.0282. The molecule has 138 valence electrons. The van der Waals surface area contributed by atoms with Gasteiger partial charge in [-0.25, -0.2) is 0 Å². The quantitative estimate of drug-likeness (QED) is 0.591. The van der Waals surface area contributed by atoms with Crippen molar-refractivity contribution < 1.29 is 19.4 Å². The summed E-state index contributed by atoms with van der Waals surface area (Å²) in [7, 11) is 0. The molecule has 1 fully saturated rings. The molecule has 0 radical (unpaired) electrons. The fraction of sp³-hybridized carbons (Fsp3) is 0.579. The number of nitrogens with zero attached hydrogens (tertiary/aromatic N) is 1. The number of aliphatic hydroxyl groups is 1. The first-order valence-corrected chi connectivity index (χ1v) is 9.68. The van der Waals surface area contributed by atoms with Crippen LogP contribution in [0.25, 0.3) is 0 Å². The first-order chi connectivity index (χ1) is 11.7. The molecule has 1 aromatic rings. The molecule has 1 saturated heterocycles. The molecule has 0 saturated carbocycles. The second-order valence-corrected chi connectivity index (χ2v) is 7.97. The Balaban J connectivity index is 2.34. The topological polar surface area (TPSA) is 66.8 Å². The van der Waals surface area contributed by atoms with Gasteiger partial charge < -0.3 is 9.84 Å². The maximum atomic E-state index is 13.3. The summed E-state index contributed by atoms with van der Waals surface area (Å²) < 4.78 is 5.39. The summed E-state index contributed by atoms with van der Waals surface area (Å²) in [4.78, 5) is 28.9. The van der Waals surface area contributed by atoms with Crippen LogP contribution in [-0.4, -0.2) is 65.3 Å². The SMILES string of the molecule is CSc1ccc(C(=O)C(C)(CC(=O)C(C)(C)O)N2CCOCC2)cc1. The Morgan fingerprint density at radius 2 is 1.72 bits per heavy atom. The molecule has 25 heavy (non-hydrogen) atoms. The van der Waals surface area contributed by atoms with E-state index in [9.17, 15) is 14.7 Å². The van der Waals surface area contributed by atoms with Crippen molar-refractivity contribution in [1.29, 1.82) is 0 Å². The second kappa shape index (κ2) is 7.99. The van der Waals surface area contributed by atoms with E-state index in [1.807, 2.05) is 23.3 Å². The lowest BCUT2D eigenvalue weighted by atomic mass is 9.81.